The van der Waals surface area contributed by atoms with Gasteiger partial charge in [0, 0.05) is 25.0 Å². The second kappa shape index (κ2) is 7.49. The highest BCUT2D eigenvalue weighted by Crippen LogP contribution is 2.29. The summed E-state index contributed by atoms with van der Waals surface area (Å²) in [6, 6.07) is 5.94. The normalized spacial score (nSPS) is 20.7. The van der Waals surface area contributed by atoms with E-state index in [1.165, 1.54) is 0 Å². The zero-order chi connectivity index (χ0) is 16.1. The predicted octanol–water partition coefficient (Wildman–Crippen LogP) is 2.18. The van der Waals surface area contributed by atoms with E-state index in [0.29, 0.717) is 24.6 Å². The molecule has 2 rings (SSSR count). The first-order chi connectivity index (χ1) is 10.6. The number of hydrogen-bond acceptors (Lipinski definition) is 4. The summed E-state index contributed by atoms with van der Waals surface area (Å²) in [7, 11) is 3.23. The van der Waals surface area contributed by atoms with Gasteiger partial charge in [-0.2, -0.15) is 0 Å². The van der Waals surface area contributed by atoms with E-state index in [0.717, 1.165) is 24.8 Å². The lowest BCUT2D eigenvalue weighted by Crippen LogP contribution is -2.35. The van der Waals surface area contributed by atoms with Gasteiger partial charge in [0.05, 0.1) is 14.2 Å². The van der Waals surface area contributed by atoms with Crippen molar-refractivity contribution >= 4 is 5.91 Å². The van der Waals surface area contributed by atoms with Crippen molar-refractivity contribution in [2.24, 2.45) is 11.7 Å². The van der Waals surface area contributed by atoms with Gasteiger partial charge in [-0.1, -0.05) is 6.07 Å². The molecule has 1 fully saturated rings. The maximum absolute atomic E-state index is 12.6. The summed E-state index contributed by atoms with van der Waals surface area (Å²) in [4.78, 5) is 14.5. The topological polar surface area (TPSA) is 64.8 Å². The van der Waals surface area contributed by atoms with E-state index in [9.17, 15) is 4.79 Å². The van der Waals surface area contributed by atoms with Crippen molar-refractivity contribution in [1.29, 1.82) is 0 Å². The quantitative estimate of drug-likeness (QED) is 0.875. The van der Waals surface area contributed by atoms with Crippen LogP contribution in [0.1, 0.15) is 31.7 Å². The number of amides is 1. The summed E-state index contributed by atoms with van der Waals surface area (Å²) in [6.07, 6.45) is 2.66. The molecule has 0 unspecified atom stereocenters. The first-order valence-electron chi connectivity index (χ1n) is 7.84. The smallest absolute Gasteiger partial charge is 0.226 e. The Morgan fingerprint density at radius 3 is 2.55 bits per heavy atom. The van der Waals surface area contributed by atoms with E-state index >= 15 is 0 Å². The van der Waals surface area contributed by atoms with Gasteiger partial charge in [-0.3, -0.25) is 4.79 Å². The highest BCUT2D eigenvalue weighted by Gasteiger charge is 2.30. The molecule has 0 bridgehead atoms. The van der Waals surface area contributed by atoms with E-state index in [2.05, 4.69) is 0 Å². The van der Waals surface area contributed by atoms with Crippen LogP contribution in [0, 0.1) is 5.92 Å². The van der Waals surface area contributed by atoms with Crippen molar-refractivity contribution in [3.63, 3.8) is 0 Å². The Balaban J connectivity index is 2.08. The van der Waals surface area contributed by atoms with Crippen LogP contribution < -0.4 is 15.2 Å². The zero-order valence-corrected chi connectivity index (χ0v) is 13.7. The zero-order valence-electron chi connectivity index (χ0n) is 13.7. The maximum Gasteiger partial charge on any atom is 0.226 e. The monoisotopic (exact) mass is 306 g/mol. The summed E-state index contributed by atoms with van der Waals surface area (Å²) < 4.78 is 10.6. The molecule has 1 aromatic carbocycles. The number of nitrogens with two attached hydrogens (primary N) is 1. The molecule has 2 N–H and O–H groups in total. The first-order valence-corrected chi connectivity index (χ1v) is 7.84. The molecule has 1 aliphatic rings. The second-order valence-electron chi connectivity index (χ2n) is 5.81. The first kappa shape index (κ1) is 16.6. The lowest BCUT2D eigenvalue weighted by Gasteiger charge is -2.24. The molecule has 0 saturated heterocycles. The third-order valence-corrected chi connectivity index (χ3v) is 4.34. The van der Waals surface area contributed by atoms with Gasteiger partial charge >= 0.3 is 0 Å². The van der Waals surface area contributed by atoms with Gasteiger partial charge in [0.15, 0.2) is 11.5 Å². The molecule has 1 aliphatic carbocycles. The Morgan fingerprint density at radius 2 is 2.00 bits per heavy atom. The lowest BCUT2D eigenvalue weighted by atomic mass is 10.1. The fraction of sp³-hybridized carbons (Fsp3) is 0.588. The standard InChI is InChI=1S/C17H26N2O3/c1-4-19(17(20)13-6-7-14(18)10-13)11-12-5-8-15(21-2)16(9-12)22-3/h5,8-9,13-14H,4,6-7,10-11,18H2,1-3H3/t13-,14+/m0/s1. The highest BCUT2D eigenvalue weighted by molar-refractivity contribution is 5.79. The maximum atomic E-state index is 12.6. The molecule has 5 heteroatoms. The van der Waals surface area contributed by atoms with Crippen LogP contribution in [-0.2, 0) is 11.3 Å². The van der Waals surface area contributed by atoms with Crippen molar-refractivity contribution in [3.05, 3.63) is 23.8 Å². The van der Waals surface area contributed by atoms with E-state index in [1.807, 2.05) is 30.0 Å². The van der Waals surface area contributed by atoms with Gasteiger partial charge in [-0.05, 0) is 43.9 Å². The van der Waals surface area contributed by atoms with E-state index < -0.39 is 0 Å². The van der Waals surface area contributed by atoms with Crippen LogP contribution in [-0.4, -0.2) is 37.6 Å². The van der Waals surface area contributed by atoms with Gasteiger partial charge in [0.2, 0.25) is 5.91 Å². The third-order valence-electron chi connectivity index (χ3n) is 4.34. The molecular formula is C17H26N2O3. The molecule has 2 atom stereocenters. The fourth-order valence-electron chi connectivity index (χ4n) is 3.04. The predicted molar refractivity (Wildman–Crippen MR) is 86.0 cm³/mol. The van der Waals surface area contributed by atoms with Gasteiger partial charge in [-0.25, -0.2) is 0 Å². The average Bonchev–Trinajstić information content (AvgIpc) is 2.98. The van der Waals surface area contributed by atoms with Gasteiger partial charge in [-0.15, -0.1) is 0 Å². The largest absolute Gasteiger partial charge is 0.493 e. The van der Waals surface area contributed by atoms with Crippen LogP contribution in [0.15, 0.2) is 18.2 Å². The summed E-state index contributed by atoms with van der Waals surface area (Å²) in [6.45, 7) is 3.29. The van der Waals surface area contributed by atoms with Crippen LogP contribution in [0.5, 0.6) is 11.5 Å². The minimum Gasteiger partial charge on any atom is -0.493 e. The van der Waals surface area contributed by atoms with Crippen molar-refractivity contribution in [1.82, 2.24) is 4.90 Å². The Bertz CT molecular complexity index is 519. The molecule has 0 spiro atoms. The molecule has 0 heterocycles. The molecule has 1 aromatic rings. The van der Waals surface area contributed by atoms with Crippen molar-refractivity contribution in [3.8, 4) is 11.5 Å². The fourth-order valence-corrected chi connectivity index (χ4v) is 3.04. The summed E-state index contributed by atoms with van der Waals surface area (Å²) >= 11 is 0. The van der Waals surface area contributed by atoms with Crippen LogP contribution in [0.3, 0.4) is 0 Å². The number of benzene rings is 1. The van der Waals surface area contributed by atoms with Gasteiger partial charge in [0.25, 0.3) is 0 Å². The number of methoxy groups -OCH3 is 2. The number of rotatable bonds is 6. The van der Waals surface area contributed by atoms with Gasteiger partial charge < -0.3 is 20.1 Å². The molecule has 0 radical (unpaired) electrons. The number of ether oxygens (including phenoxy) is 2. The summed E-state index contributed by atoms with van der Waals surface area (Å²) in [5.41, 5.74) is 6.96. The summed E-state index contributed by atoms with van der Waals surface area (Å²) in [5, 5.41) is 0. The van der Waals surface area contributed by atoms with Crippen LogP contribution in [0.2, 0.25) is 0 Å². The molecule has 0 aliphatic heterocycles. The van der Waals surface area contributed by atoms with Crippen LogP contribution >= 0.6 is 0 Å². The SMILES string of the molecule is CCN(Cc1ccc(OC)c(OC)c1)C(=O)[C@H]1CC[C@@H](N)C1. The average molecular weight is 306 g/mol. The lowest BCUT2D eigenvalue weighted by molar-refractivity contribution is -0.135. The molecule has 5 nitrogen and oxygen atoms in total. The Kier molecular flexibility index (Phi) is 5.66. The Hall–Kier alpha value is -1.75. The van der Waals surface area contributed by atoms with Crippen molar-refractivity contribution in [2.45, 2.75) is 38.8 Å². The van der Waals surface area contributed by atoms with Crippen LogP contribution in [0.25, 0.3) is 0 Å². The molecule has 0 aromatic heterocycles. The Labute approximate surface area is 132 Å². The second-order valence-corrected chi connectivity index (χ2v) is 5.81. The van der Waals surface area contributed by atoms with Crippen LogP contribution in [0.4, 0.5) is 0 Å². The third kappa shape index (κ3) is 3.71. The Morgan fingerprint density at radius 1 is 1.27 bits per heavy atom. The highest BCUT2D eigenvalue weighted by atomic mass is 16.5. The number of carbonyl (C=O) groups is 1. The van der Waals surface area contributed by atoms with Gasteiger partial charge in [0.1, 0.15) is 0 Å². The van der Waals surface area contributed by atoms with E-state index in [4.69, 9.17) is 15.2 Å². The van der Waals surface area contributed by atoms with E-state index in [1.54, 1.807) is 14.2 Å². The molecule has 122 valence electrons. The molecule has 22 heavy (non-hydrogen) atoms. The molecule has 1 amide bonds. The number of hydrogen-bond donors (Lipinski definition) is 1. The number of carbonyl (C=O) groups excluding carboxylic acids is 1. The molecular weight excluding hydrogens is 280 g/mol. The minimum atomic E-state index is 0.0788. The van der Waals surface area contributed by atoms with E-state index in [-0.39, 0.29) is 17.9 Å². The summed E-state index contributed by atoms with van der Waals surface area (Å²) in [5.74, 6) is 1.68. The molecule has 1 saturated carbocycles. The minimum absolute atomic E-state index is 0.0788. The van der Waals surface area contributed by atoms with Crippen molar-refractivity contribution in [2.75, 3.05) is 20.8 Å². The number of nitrogens with zero attached hydrogens (tertiary/aromatic N) is 1. The van der Waals surface area contributed by atoms with Crippen molar-refractivity contribution < 1.29 is 14.3 Å².